The minimum Gasteiger partial charge on any atom is -0.409 e. The molecule has 0 aliphatic carbocycles. The molecular formula is C12H26N4O. The number of hydrogen-bond donors (Lipinski definition) is 2. The predicted octanol–water partition coefficient (Wildman–Crippen LogP) is 0.928. The third-order valence-electron chi connectivity index (χ3n) is 3.92. The maximum Gasteiger partial charge on any atom is 0.156 e. The molecule has 17 heavy (non-hydrogen) atoms. The van der Waals surface area contributed by atoms with Crippen LogP contribution in [-0.2, 0) is 0 Å². The van der Waals surface area contributed by atoms with E-state index in [0.29, 0.717) is 11.9 Å². The molecule has 1 rings (SSSR count). The van der Waals surface area contributed by atoms with Gasteiger partial charge in [0, 0.05) is 6.04 Å². The fourth-order valence-corrected chi connectivity index (χ4v) is 2.67. The van der Waals surface area contributed by atoms with Gasteiger partial charge in [-0.05, 0) is 45.9 Å². The first-order valence-electron chi connectivity index (χ1n) is 6.55. The number of amidine groups is 1. The van der Waals surface area contributed by atoms with Gasteiger partial charge in [0.05, 0.1) is 6.04 Å². The van der Waals surface area contributed by atoms with Gasteiger partial charge in [0.1, 0.15) is 0 Å². The summed E-state index contributed by atoms with van der Waals surface area (Å²) in [5.41, 5.74) is 5.74. The van der Waals surface area contributed by atoms with Gasteiger partial charge in [-0.15, -0.1) is 0 Å². The van der Waals surface area contributed by atoms with Crippen LogP contribution in [0.3, 0.4) is 0 Å². The lowest BCUT2D eigenvalue weighted by Crippen LogP contribution is -2.51. The molecule has 0 aromatic heterocycles. The average molecular weight is 242 g/mol. The first-order chi connectivity index (χ1) is 8.13. The molecule has 0 amide bonds. The molecule has 3 N–H and O–H groups in total. The van der Waals surface area contributed by atoms with E-state index >= 15 is 0 Å². The second-order valence-corrected chi connectivity index (χ2v) is 4.78. The Bertz CT molecular complexity index is 249. The van der Waals surface area contributed by atoms with Crippen LogP contribution in [0, 0.1) is 0 Å². The van der Waals surface area contributed by atoms with Crippen molar-refractivity contribution in [1.29, 1.82) is 0 Å². The highest BCUT2D eigenvalue weighted by Crippen LogP contribution is 2.18. The van der Waals surface area contributed by atoms with Crippen LogP contribution in [0.2, 0.25) is 0 Å². The molecule has 0 aromatic carbocycles. The molecule has 1 heterocycles. The Morgan fingerprint density at radius 2 is 2.06 bits per heavy atom. The zero-order chi connectivity index (χ0) is 12.8. The smallest absolute Gasteiger partial charge is 0.156 e. The van der Waals surface area contributed by atoms with Crippen LogP contribution in [0.1, 0.15) is 33.1 Å². The zero-order valence-electron chi connectivity index (χ0n) is 11.3. The molecular weight excluding hydrogens is 216 g/mol. The summed E-state index contributed by atoms with van der Waals surface area (Å²) in [6.45, 7) is 7.71. The van der Waals surface area contributed by atoms with Gasteiger partial charge in [0.2, 0.25) is 0 Å². The number of rotatable bonds is 5. The molecule has 100 valence electrons. The van der Waals surface area contributed by atoms with Gasteiger partial charge in [-0.1, -0.05) is 19.0 Å². The molecule has 5 nitrogen and oxygen atoms in total. The number of likely N-dealkylation sites (tertiary alicyclic amines) is 1. The summed E-state index contributed by atoms with van der Waals surface area (Å²) in [7, 11) is 2.08. The highest BCUT2D eigenvalue weighted by molar-refractivity contribution is 5.85. The monoisotopic (exact) mass is 242 g/mol. The molecule has 1 aliphatic rings. The third kappa shape index (κ3) is 3.57. The summed E-state index contributed by atoms with van der Waals surface area (Å²) in [4.78, 5) is 4.73. The molecule has 5 heteroatoms. The lowest BCUT2D eigenvalue weighted by molar-refractivity contribution is 0.115. The highest BCUT2D eigenvalue weighted by atomic mass is 16.4. The van der Waals surface area contributed by atoms with E-state index in [0.717, 1.165) is 26.1 Å². The van der Waals surface area contributed by atoms with Gasteiger partial charge < -0.3 is 15.8 Å². The molecule has 0 aromatic rings. The molecule has 0 spiro atoms. The summed E-state index contributed by atoms with van der Waals surface area (Å²) in [6.07, 6.45) is 3.21. The first kappa shape index (κ1) is 14.3. The van der Waals surface area contributed by atoms with Crippen molar-refractivity contribution < 1.29 is 5.21 Å². The number of nitrogens with two attached hydrogens (primary N) is 1. The van der Waals surface area contributed by atoms with Crippen LogP contribution in [0.4, 0.5) is 0 Å². The molecule has 1 unspecified atom stereocenters. The van der Waals surface area contributed by atoms with E-state index in [-0.39, 0.29) is 6.04 Å². The lowest BCUT2D eigenvalue weighted by atomic mass is 10.0. The van der Waals surface area contributed by atoms with Crippen molar-refractivity contribution in [3.05, 3.63) is 0 Å². The maximum absolute atomic E-state index is 8.79. The van der Waals surface area contributed by atoms with Crippen molar-refractivity contribution >= 4 is 5.84 Å². The Labute approximate surface area is 104 Å². The fraction of sp³-hybridized carbons (Fsp3) is 0.917. The van der Waals surface area contributed by atoms with Gasteiger partial charge in [-0.25, -0.2) is 0 Å². The summed E-state index contributed by atoms with van der Waals surface area (Å²) in [5.74, 6) is 0.327. The van der Waals surface area contributed by atoms with Crippen LogP contribution in [-0.4, -0.2) is 59.6 Å². The number of likely N-dealkylation sites (N-methyl/N-ethyl adjacent to an activating group) is 1. The van der Waals surface area contributed by atoms with Crippen molar-refractivity contribution in [1.82, 2.24) is 9.80 Å². The quantitative estimate of drug-likeness (QED) is 0.326. The fourth-order valence-electron chi connectivity index (χ4n) is 2.67. The Hall–Kier alpha value is -0.810. The van der Waals surface area contributed by atoms with Gasteiger partial charge in [-0.2, -0.15) is 0 Å². The van der Waals surface area contributed by atoms with Crippen molar-refractivity contribution in [2.75, 3.05) is 26.7 Å². The number of oxime groups is 1. The summed E-state index contributed by atoms with van der Waals surface area (Å²) in [6, 6.07) is 0.598. The standard InChI is InChI=1S/C12H26N4O/c1-4-11(12(13)14-17)15(3)10-6-8-16(5-2)9-7-10/h10-11,17H,4-9H2,1-3H3,(H2,13,14). The molecule has 1 atom stereocenters. The van der Waals surface area contributed by atoms with Gasteiger partial charge in [0.25, 0.3) is 0 Å². The van der Waals surface area contributed by atoms with E-state index in [1.165, 1.54) is 12.8 Å². The Morgan fingerprint density at radius 3 is 2.47 bits per heavy atom. The van der Waals surface area contributed by atoms with Crippen LogP contribution in [0.25, 0.3) is 0 Å². The van der Waals surface area contributed by atoms with E-state index in [4.69, 9.17) is 10.9 Å². The van der Waals surface area contributed by atoms with E-state index < -0.39 is 0 Å². The summed E-state index contributed by atoms with van der Waals surface area (Å²) in [5, 5.41) is 11.9. The van der Waals surface area contributed by atoms with E-state index in [1.54, 1.807) is 0 Å². The lowest BCUT2D eigenvalue weighted by Gasteiger charge is -2.39. The summed E-state index contributed by atoms with van der Waals surface area (Å²) < 4.78 is 0. The van der Waals surface area contributed by atoms with Gasteiger partial charge in [-0.3, -0.25) is 4.90 Å². The highest BCUT2D eigenvalue weighted by Gasteiger charge is 2.27. The van der Waals surface area contributed by atoms with E-state index in [1.807, 2.05) is 0 Å². The number of piperidine rings is 1. The Morgan fingerprint density at radius 1 is 1.47 bits per heavy atom. The van der Waals surface area contributed by atoms with E-state index in [2.05, 4.69) is 35.9 Å². The minimum absolute atomic E-state index is 0.0539. The van der Waals surface area contributed by atoms with E-state index in [9.17, 15) is 0 Å². The van der Waals surface area contributed by atoms with Crippen LogP contribution in [0.15, 0.2) is 5.16 Å². The molecule has 1 saturated heterocycles. The molecule has 0 bridgehead atoms. The second kappa shape index (κ2) is 6.81. The third-order valence-corrected chi connectivity index (χ3v) is 3.92. The Balaban J connectivity index is 2.54. The van der Waals surface area contributed by atoms with Gasteiger partial charge >= 0.3 is 0 Å². The van der Waals surface area contributed by atoms with Crippen molar-refractivity contribution in [3.8, 4) is 0 Å². The van der Waals surface area contributed by atoms with Crippen molar-refractivity contribution in [2.24, 2.45) is 10.9 Å². The number of hydrogen-bond acceptors (Lipinski definition) is 4. The first-order valence-corrected chi connectivity index (χ1v) is 6.55. The van der Waals surface area contributed by atoms with Crippen LogP contribution >= 0.6 is 0 Å². The van der Waals surface area contributed by atoms with Crippen LogP contribution in [0.5, 0.6) is 0 Å². The maximum atomic E-state index is 8.79. The topological polar surface area (TPSA) is 65.1 Å². The SMILES string of the molecule is CCC(C(N)=NO)N(C)C1CCN(CC)CC1. The van der Waals surface area contributed by atoms with Crippen LogP contribution < -0.4 is 5.73 Å². The van der Waals surface area contributed by atoms with Gasteiger partial charge in [0.15, 0.2) is 5.84 Å². The average Bonchev–Trinajstić information content (AvgIpc) is 2.39. The second-order valence-electron chi connectivity index (χ2n) is 4.78. The normalized spacial score (nSPS) is 22.0. The zero-order valence-corrected chi connectivity index (χ0v) is 11.3. The molecule has 0 saturated carbocycles. The Kier molecular flexibility index (Phi) is 5.71. The number of nitrogens with zero attached hydrogens (tertiary/aromatic N) is 3. The predicted molar refractivity (Wildman–Crippen MR) is 70.4 cm³/mol. The molecule has 0 radical (unpaired) electrons. The van der Waals surface area contributed by atoms with Crippen molar-refractivity contribution in [3.63, 3.8) is 0 Å². The van der Waals surface area contributed by atoms with Crippen molar-refractivity contribution in [2.45, 2.75) is 45.2 Å². The molecule has 1 aliphatic heterocycles. The minimum atomic E-state index is 0.0539. The largest absolute Gasteiger partial charge is 0.409 e. The summed E-state index contributed by atoms with van der Waals surface area (Å²) >= 11 is 0. The molecule has 1 fully saturated rings.